The van der Waals surface area contributed by atoms with Crippen LogP contribution in [0.2, 0.25) is 0 Å². The van der Waals surface area contributed by atoms with E-state index in [9.17, 15) is 14.4 Å². The van der Waals surface area contributed by atoms with E-state index < -0.39 is 5.91 Å². The Balaban J connectivity index is 1.36. The van der Waals surface area contributed by atoms with Crippen LogP contribution >= 0.6 is 27.7 Å². The van der Waals surface area contributed by atoms with Gasteiger partial charge in [-0.1, -0.05) is 40.5 Å². The number of carbonyl (C=O) groups excluding carboxylic acids is 3. The molecule has 3 aromatic rings. The van der Waals surface area contributed by atoms with Gasteiger partial charge < -0.3 is 15.1 Å². The van der Waals surface area contributed by atoms with Gasteiger partial charge in [0, 0.05) is 26.7 Å². The van der Waals surface area contributed by atoms with Crippen molar-refractivity contribution in [3.8, 4) is 0 Å². The molecule has 0 atom stereocenters. The Bertz CT molecular complexity index is 1300. The van der Waals surface area contributed by atoms with Crippen LogP contribution in [-0.2, 0) is 20.9 Å². The van der Waals surface area contributed by atoms with Crippen molar-refractivity contribution in [1.82, 2.24) is 4.90 Å². The van der Waals surface area contributed by atoms with Crippen molar-refractivity contribution in [2.45, 2.75) is 37.1 Å². The van der Waals surface area contributed by atoms with Gasteiger partial charge in [0.1, 0.15) is 16.4 Å². The highest BCUT2D eigenvalue weighted by atomic mass is 79.9. The Labute approximate surface area is 221 Å². The van der Waals surface area contributed by atoms with E-state index in [0.29, 0.717) is 22.0 Å². The Kier molecular flexibility index (Phi) is 7.29. The van der Waals surface area contributed by atoms with E-state index in [1.54, 1.807) is 12.1 Å². The van der Waals surface area contributed by atoms with Crippen molar-refractivity contribution in [3.63, 3.8) is 0 Å². The largest absolute Gasteiger partial charge is 0.467 e. The lowest BCUT2D eigenvalue weighted by molar-refractivity contribution is -0.138. The molecule has 1 fully saturated rings. The molecule has 2 N–H and O–H groups in total. The van der Waals surface area contributed by atoms with Crippen molar-refractivity contribution < 1.29 is 18.8 Å². The van der Waals surface area contributed by atoms with Crippen molar-refractivity contribution in [3.05, 3.63) is 87.8 Å². The number of amides is 3. The van der Waals surface area contributed by atoms with Gasteiger partial charge in [-0.15, -0.1) is 0 Å². The standard InChI is InChI=1S/C27H24BrN3O4S/c28-18-7-9-19(10-8-18)29-23-24(27(34)31(26(23)33)16-21-6-3-15-35-21)36-22-13-11-20(12-14-22)30-25(32)17-4-1-2-5-17/h3,6-15,17,29H,1-2,4-5,16H2,(H,30,32). The topological polar surface area (TPSA) is 91.7 Å². The van der Waals surface area contributed by atoms with Crippen LogP contribution in [-0.4, -0.2) is 22.6 Å². The summed E-state index contributed by atoms with van der Waals surface area (Å²) >= 11 is 4.62. The van der Waals surface area contributed by atoms with Crippen molar-refractivity contribution in [2.75, 3.05) is 10.6 Å². The van der Waals surface area contributed by atoms with Gasteiger partial charge in [-0.2, -0.15) is 0 Å². The molecular formula is C27H24BrN3O4S. The highest BCUT2D eigenvalue weighted by molar-refractivity contribution is 9.10. The van der Waals surface area contributed by atoms with E-state index in [-0.39, 0.29) is 30.0 Å². The van der Waals surface area contributed by atoms with Crippen LogP contribution in [0.4, 0.5) is 11.4 Å². The molecule has 3 amide bonds. The zero-order valence-electron chi connectivity index (χ0n) is 19.3. The summed E-state index contributed by atoms with van der Waals surface area (Å²) in [7, 11) is 0. The maximum absolute atomic E-state index is 13.3. The third-order valence-corrected chi connectivity index (χ3v) is 7.82. The van der Waals surface area contributed by atoms with Crippen LogP contribution < -0.4 is 10.6 Å². The summed E-state index contributed by atoms with van der Waals surface area (Å²) < 4.78 is 6.27. The zero-order valence-corrected chi connectivity index (χ0v) is 21.7. The summed E-state index contributed by atoms with van der Waals surface area (Å²) in [4.78, 5) is 41.3. The van der Waals surface area contributed by atoms with Gasteiger partial charge in [-0.05, 0) is 73.5 Å². The smallest absolute Gasteiger partial charge is 0.278 e. The molecule has 2 aromatic carbocycles. The van der Waals surface area contributed by atoms with Crippen LogP contribution in [0.5, 0.6) is 0 Å². The Hall–Kier alpha value is -3.30. The summed E-state index contributed by atoms with van der Waals surface area (Å²) in [5.41, 5.74) is 1.63. The van der Waals surface area contributed by atoms with Crippen molar-refractivity contribution in [2.24, 2.45) is 5.92 Å². The van der Waals surface area contributed by atoms with Gasteiger partial charge in [0.15, 0.2) is 0 Å². The van der Waals surface area contributed by atoms with E-state index in [2.05, 4.69) is 26.6 Å². The van der Waals surface area contributed by atoms with Crippen LogP contribution in [0.15, 0.2) is 91.3 Å². The number of imide groups is 1. The molecule has 184 valence electrons. The Morgan fingerprint density at radius 3 is 2.33 bits per heavy atom. The number of nitrogens with one attached hydrogen (secondary N) is 2. The number of halogens is 1. The van der Waals surface area contributed by atoms with Crippen LogP contribution in [0.25, 0.3) is 0 Å². The van der Waals surface area contributed by atoms with Crippen LogP contribution in [0.3, 0.4) is 0 Å². The number of rotatable bonds is 8. The van der Waals surface area contributed by atoms with Crippen LogP contribution in [0, 0.1) is 5.92 Å². The van der Waals surface area contributed by atoms with E-state index in [1.807, 2.05) is 48.5 Å². The molecule has 5 rings (SSSR count). The Morgan fingerprint density at radius 2 is 1.67 bits per heavy atom. The maximum Gasteiger partial charge on any atom is 0.278 e. The van der Waals surface area contributed by atoms with Crippen LogP contribution in [0.1, 0.15) is 31.4 Å². The first-order chi connectivity index (χ1) is 17.5. The quantitative estimate of drug-likeness (QED) is 0.318. The van der Waals surface area contributed by atoms with Gasteiger partial charge >= 0.3 is 0 Å². The molecule has 0 spiro atoms. The number of hydrogen-bond donors (Lipinski definition) is 2. The third kappa shape index (κ3) is 5.42. The first-order valence-corrected chi connectivity index (χ1v) is 13.3. The van der Waals surface area contributed by atoms with Gasteiger partial charge in [0.25, 0.3) is 11.8 Å². The fourth-order valence-corrected chi connectivity index (χ4v) is 5.50. The number of furan rings is 1. The second kappa shape index (κ2) is 10.8. The molecule has 36 heavy (non-hydrogen) atoms. The predicted molar refractivity (Wildman–Crippen MR) is 142 cm³/mol. The minimum Gasteiger partial charge on any atom is -0.467 e. The van der Waals surface area contributed by atoms with Gasteiger partial charge in [-0.3, -0.25) is 19.3 Å². The highest BCUT2D eigenvalue weighted by Crippen LogP contribution is 2.37. The zero-order chi connectivity index (χ0) is 25.1. The molecule has 0 bridgehead atoms. The summed E-state index contributed by atoms with van der Waals surface area (Å²) in [5.74, 6) is -0.143. The molecule has 2 aliphatic rings. The van der Waals surface area contributed by atoms with Crippen molar-refractivity contribution in [1.29, 1.82) is 0 Å². The molecule has 9 heteroatoms. The number of hydrogen-bond acceptors (Lipinski definition) is 6. The average molecular weight is 566 g/mol. The third-order valence-electron chi connectivity index (χ3n) is 6.20. The summed E-state index contributed by atoms with van der Waals surface area (Å²) in [6, 6.07) is 18.1. The molecule has 1 aliphatic heterocycles. The average Bonchev–Trinajstić information content (AvgIpc) is 3.64. The molecule has 1 saturated carbocycles. The van der Waals surface area contributed by atoms with E-state index in [0.717, 1.165) is 35.1 Å². The highest BCUT2D eigenvalue weighted by Gasteiger charge is 2.39. The second-order valence-corrected chi connectivity index (χ2v) is 10.7. The van der Waals surface area contributed by atoms with Crippen molar-refractivity contribution >= 4 is 56.8 Å². The maximum atomic E-state index is 13.3. The van der Waals surface area contributed by atoms with Gasteiger partial charge in [0.05, 0.1) is 12.8 Å². The fourth-order valence-electron chi connectivity index (χ4n) is 4.29. The first kappa shape index (κ1) is 24.4. The molecule has 7 nitrogen and oxygen atoms in total. The lowest BCUT2D eigenvalue weighted by atomic mass is 10.1. The normalized spacial score (nSPS) is 16.2. The second-order valence-electron chi connectivity index (χ2n) is 8.71. The molecule has 0 radical (unpaired) electrons. The predicted octanol–water partition coefficient (Wildman–Crippen LogP) is 6.16. The van der Waals surface area contributed by atoms with E-state index in [1.165, 1.54) is 22.9 Å². The fraction of sp³-hybridized carbons (Fsp3) is 0.222. The molecule has 1 aromatic heterocycles. The first-order valence-electron chi connectivity index (χ1n) is 11.7. The summed E-state index contributed by atoms with van der Waals surface area (Å²) in [6.45, 7) is 0.0480. The van der Waals surface area contributed by atoms with Gasteiger partial charge in [0.2, 0.25) is 5.91 Å². The summed E-state index contributed by atoms with van der Waals surface area (Å²) in [5, 5.41) is 6.12. The molecule has 0 unspecified atom stereocenters. The minimum atomic E-state index is -0.415. The number of benzene rings is 2. The molecule has 2 heterocycles. The van der Waals surface area contributed by atoms with E-state index in [4.69, 9.17) is 4.42 Å². The Morgan fingerprint density at radius 1 is 0.972 bits per heavy atom. The number of nitrogens with zero attached hydrogens (tertiary/aromatic N) is 1. The minimum absolute atomic E-state index is 0.0480. The molecule has 0 saturated heterocycles. The number of anilines is 2. The molecular weight excluding hydrogens is 542 g/mol. The SMILES string of the molecule is O=C(Nc1ccc(SC2=C(Nc3ccc(Br)cc3)C(=O)N(Cc3ccco3)C2=O)cc1)C1CCCC1. The van der Waals surface area contributed by atoms with E-state index >= 15 is 0 Å². The lowest BCUT2D eigenvalue weighted by Gasteiger charge is -2.13. The number of carbonyl (C=O) groups is 3. The monoisotopic (exact) mass is 565 g/mol. The van der Waals surface area contributed by atoms with Gasteiger partial charge in [-0.25, -0.2) is 0 Å². The summed E-state index contributed by atoms with van der Waals surface area (Å²) in [6.07, 6.45) is 5.59. The molecule has 1 aliphatic carbocycles. The number of thioether (sulfide) groups is 1. The lowest BCUT2D eigenvalue weighted by Crippen LogP contribution is -2.31.